The molecule has 1 saturated heterocycles. The molecule has 7 nitrogen and oxygen atoms in total. The van der Waals surface area contributed by atoms with E-state index in [1.54, 1.807) is 24.3 Å². The van der Waals surface area contributed by atoms with E-state index < -0.39 is 0 Å². The predicted molar refractivity (Wildman–Crippen MR) is 114 cm³/mol. The molecule has 0 radical (unpaired) electrons. The fraction of sp³-hybridized carbons (Fsp3) is 0.391. The van der Waals surface area contributed by atoms with E-state index in [9.17, 15) is 9.59 Å². The number of rotatable bonds is 6. The summed E-state index contributed by atoms with van der Waals surface area (Å²) in [7, 11) is 1.35. The van der Waals surface area contributed by atoms with Crippen LogP contribution in [0.1, 0.15) is 21.5 Å². The van der Waals surface area contributed by atoms with Gasteiger partial charge in [-0.15, -0.1) is 0 Å². The molecule has 0 aromatic heterocycles. The first-order chi connectivity index (χ1) is 14.6. The van der Waals surface area contributed by atoms with E-state index in [1.165, 1.54) is 18.2 Å². The second-order valence-corrected chi connectivity index (χ2v) is 7.71. The van der Waals surface area contributed by atoms with Crippen LogP contribution in [-0.2, 0) is 22.5 Å². The van der Waals surface area contributed by atoms with Gasteiger partial charge in [-0.1, -0.05) is 12.1 Å². The van der Waals surface area contributed by atoms with Crippen molar-refractivity contribution in [3.05, 3.63) is 59.2 Å². The summed E-state index contributed by atoms with van der Waals surface area (Å²) in [6.45, 7) is 5.69. The van der Waals surface area contributed by atoms with Gasteiger partial charge < -0.3 is 14.8 Å². The van der Waals surface area contributed by atoms with Crippen LogP contribution in [0, 0.1) is 0 Å². The third-order valence-corrected chi connectivity index (χ3v) is 5.58. The summed E-state index contributed by atoms with van der Waals surface area (Å²) in [6.07, 6.45) is 0.997. The number of benzene rings is 2. The van der Waals surface area contributed by atoms with Crippen LogP contribution in [0.4, 0.5) is 5.69 Å². The molecular weight excluding hydrogens is 382 g/mol. The zero-order valence-electron chi connectivity index (χ0n) is 17.2. The molecule has 0 saturated carbocycles. The molecule has 0 bridgehead atoms. The number of ether oxygens (including phenoxy) is 2. The lowest BCUT2D eigenvalue weighted by molar-refractivity contribution is -0.117. The van der Waals surface area contributed by atoms with Gasteiger partial charge in [-0.3, -0.25) is 14.6 Å². The average Bonchev–Trinajstić information content (AvgIpc) is 3.23. The molecule has 1 amide bonds. The molecule has 2 aliphatic rings. The smallest absolute Gasteiger partial charge is 0.337 e. The van der Waals surface area contributed by atoms with E-state index in [-0.39, 0.29) is 11.9 Å². The summed E-state index contributed by atoms with van der Waals surface area (Å²) in [5, 5.41) is 2.89. The highest BCUT2D eigenvalue weighted by atomic mass is 16.5. The average molecular weight is 409 g/mol. The third-order valence-electron chi connectivity index (χ3n) is 5.58. The normalized spacial score (nSPS) is 16.6. The van der Waals surface area contributed by atoms with Crippen molar-refractivity contribution in [1.29, 1.82) is 0 Å². The number of piperazine rings is 1. The van der Waals surface area contributed by atoms with Gasteiger partial charge in [0.2, 0.25) is 5.91 Å². The monoisotopic (exact) mass is 409 g/mol. The van der Waals surface area contributed by atoms with Gasteiger partial charge in [0.1, 0.15) is 5.75 Å². The first-order valence-electron chi connectivity index (χ1n) is 10.3. The van der Waals surface area contributed by atoms with Crippen LogP contribution in [0.2, 0.25) is 0 Å². The van der Waals surface area contributed by atoms with Crippen LogP contribution in [0.5, 0.6) is 5.75 Å². The van der Waals surface area contributed by atoms with Gasteiger partial charge in [0.15, 0.2) is 0 Å². The first kappa shape index (κ1) is 20.4. The number of methoxy groups -OCH3 is 1. The van der Waals surface area contributed by atoms with Crippen LogP contribution >= 0.6 is 0 Å². The van der Waals surface area contributed by atoms with Gasteiger partial charge in [0.25, 0.3) is 0 Å². The van der Waals surface area contributed by atoms with Crippen molar-refractivity contribution < 1.29 is 19.1 Å². The highest BCUT2D eigenvalue weighted by Crippen LogP contribution is 2.26. The minimum absolute atomic E-state index is 0.0482. The van der Waals surface area contributed by atoms with E-state index >= 15 is 0 Å². The quantitative estimate of drug-likeness (QED) is 0.738. The Hall–Kier alpha value is -2.90. The number of fused-ring (bicyclic) bond motifs is 1. The van der Waals surface area contributed by atoms with Crippen LogP contribution < -0.4 is 10.1 Å². The predicted octanol–water partition coefficient (Wildman–Crippen LogP) is 2.16. The van der Waals surface area contributed by atoms with Gasteiger partial charge in [0.05, 0.1) is 25.8 Å². The standard InChI is InChI=1S/C23H27N3O4/c1-29-23(28)18-3-5-20(6-4-18)24-22(27)16-26-11-9-25(10-12-26)15-17-2-7-21-19(14-17)8-13-30-21/h2-7,14H,8-13,15-16H2,1H3,(H,24,27). The van der Waals surface area contributed by atoms with Crippen LogP contribution in [0.3, 0.4) is 0 Å². The number of hydrogen-bond acceptors (Lipinski definition) is 6. The summed E-state index contributed by atoms with van der Waals surface area (Å²) >= 11 is 0. The topological polar surface area (TPSA) is 71.1 Å². The summed E-state index contributed by atoms with van der Waals surface area (Å²) in [5.41, 5.74) is 3.76. The zero-order valence-corrected chi connectivity index (χ0v) is 17.2. The fourth-order valence-corrected chi connectivity index (χ4v) is 3.91. The van der Waals surface area contributed by atoms with Crippen molar-refractivity contribution in [1.82, 2.24) is 9.80 Å². The van der Waals surface area contributed by atoms with E-state index in [0.717, 1.165) is 51.5 Å². The highest BCUT2D eigenvalue weighted by Gasteiger charge is 2.20. The Kier molecular flexibility index (Phi) is 6.30. The van der Waals surface area contributed by atoms with E-state index in [4.69, 9.17) is 4.74 Å². The fourth-order valence-electron chi connectivity index (χ4n) is 3.91. The molecule has 30 heavy (non-hydrogen) atoms. The van der Waals surface area contributed by atoms with Gasteiger partial charge in [-0.2, -0.15) is 0 Å². The van der Waals surface area contributed by atoms with Crippen molar-refractivity contribution in [2.45, 2.75) is 13.0 Å². The van der Waals surface area contributed by atoms with Crippen molar-refractivity contribution in [2.75, 3.05) is 51.8 Å². The Balaban J connectivity index is 1.21. The Labute approximate surface area is 176 Å². The van der Waals surface area contributed by atoms with Crippen molar-refractivity contribution in [3.8, 4) is 5.75 Å². The summed E-state index contributed by atoms with van der Waals surface area (Å²) < 4.78 is 10.3. The highest BCUT2D eigenvalue weighted by molar-refractivity contribution is 5.94. The molecule has 2 aromatic rings. The molecule has 2 heterocycles. The minimum Gasteiger partial charge on any atom is -0.493 e. The van der Waals surface area contributed by atoms with Crippen LogP contribution in [0.25, 0.3) is 0 Å². The summed E-state index contributed by atoms with van der Waals surface area (Å²) in [6, 6.07) is 13.2. The molecule has 0 unspecified atom stereocenters. The third kappa shape index (κ3) is 4.98. The van der Waals surface area contributed by atoms with Crippen molar-refractivity contribution in [2.24, 2.45) is 0 Å². The molecule has 7 heteroatoms. The molecule has 158 valence electrons. The first-order valence-corrected chi connectivity index (χ1v) is 10.3. The maximum Gasteiger partial charge on any atom is 0.337 e. The van der Waals surface area contributed by atoms with Gasteiger partial charge in [-0.25, -0.2) is 4.79 Å². The lowest BCUT2D eigenvalue weighted by atomic mass is 10.1. The largest absolute Gasteiger partial charge is 0.493 e. The summed E-state index contributed by atoms with van der Waals surface area (Å²) in [4.78, 5) is 28.4. The second-order valence-electron chi connectivity index (χ2n) is 7.71. The minimum atomic E-state index is -0.390. The molecule has 0 aliphatic carbocycles. The number of hydrogen-bond donors (Lipinski definition) is 1. The van der Waals surface area contributed by atoms with E-state index in [1.807, 2.05) is 0 Å². The number of carbonyl (C=O) groups excluding carboxylic acids is 2. The number of amides is 1. The molecule has 1 N–H and O–H groups in total. The SMILES string of the molecule is COC(=O)c1ccc(NC(=O)CN2CCN(Cc3ccc4c(c3)CCO4)CC2)cc1. The number of carbonyl (C=O) groups is 2. The van der Waals surface area contributed by atoms with Crippen LogP contribution in [0.15, 0.2) is 42.5 Å². The van der Waals surface area contributed by atoms with Crippen molar-refractivity contribution in [3.63, 3.8) is 0 Å². The number of anilines is 1. The van der Waals surface area contributed by atoms with Gasteiger partial charge in [-0.05, 0) is 41.5 Å². The number of esters is 1. The van der Waals surface area contributed by atoms with Gasteiger partial charge in [0, 0.05) is 44.8 Å². The van der Waals surface area contributed by atoms with Crippen molar-refractivity contribution >= 4 is 17.6 Å². The number of nitrogens with one attached hydrogen (secondary N) is 1. The lowest BCUT2D eigenvalue weighted by Gasteiger charge is -2.34. The Morgan fingerprint density at radius 3 is 2.50 bits per heavy atom. The lowest BCUT2D eigenvalue weighted by Crippen LogP contribution is -2.48. The van der Waals surface area contributed by atoms with Gasteiger partial charge >= 0.3 is 5.97 Å². The summed E-state index contributed by atoms with van der Waals surface area (Å²) in [5.74, 6) is 0.585. The number of nitrogens with zero attached hydrogens (tertiary/aromatic N) is 2. The second kappa shape index (κ2) is 9.28. The molecule has 0 atom stereocenters. The molecule has 4 rings (SSSR count). The molecule has 2 aliphatic heterocycles. The maximum atomic E-state index is 12.4. The Morgan fingerprint density at radius 1 is 1.03 bits per heavy atom. The van der Waals surface area contributed by atoms with Crippen LogP contribution in [-0.4, -0.2) is 68.1 Å². The molecular formula is C23H27N3O4. The zero-order chi connectivity index (χ0) is 20.9. The Morgan fingerprint density at radius 2 is 1.77 bits per heavy atom. The molecule has 2 aromatic carbocycles. The Bertz CT molecular complexity index is 905. The van der Waals surface area contributed by atoms with E-state index in [2.05, 4.69) is 38.1 Å². The molecule has 0 spiro atoms. The van der Waals surface area contributed by atoms with E-state index in [0.29, 0.717) is 17.8 Å². The maximum absolute atomic E-state index is 12.4. The molecule has 1 fully saturated rings.